The summed E-state index contributed by atoms with van der Waals surface area (Å²) in [6.07, 6.45) is 1.12. The van der Waals surface area contributed by atoms with Crippen LogP contribution in [0.3, 0.4) is 0 Å². The summed E-state index contributed by atoms with van der Waals surface area (Å²) in [6.45, 7) is 3.60. The number of nitrogens with one attached hydrogen (secondary N) is 1. The van der Waals surface area contributed by atoms with E-state index < -0.39 is 16.0 Å². The van der Waals surface area contributed by atoms with Gasteiger partial charge in [-0.05, 0) is 32.3 Å². The lowest BCUT2D eigenvalue weighted by Crippen LogP contribution is -2.18. The summed E-state index contributed by atoms with van der Waals surface area (Å²) in [6, 6.07) is 0. The first-order valence-electron chi connectivity index (χ1n) is 6.07. The summed E-state index contributed by atoms with van der Waals surface area (Å²) in [7, 11) is -2.21. The van der Waals surface area contributed by atoms with E-state index in [9.17, 15) is 13.2 Å². The molecule has 0 saturated heterocycles. The number of rotatable bonds is 7. The molecule has 0 amide bonds. The first-order valence-corrected chi connectivity index (χ1v) is 9.07. The summed E-state index contributed by atoms with van der Waals surface area (Å²) in [5.74, 6) is -0.124. The quantitative estimate of drug-likeness (QED) is 0.471. The summed E-state index contributed by atoms with van der Waals surface area (Å²) in [5.41, 5.74) is 1.02. The van der Waals surface area contributed by atoms with Gasteiger partial charge in [0.05, 0.1) is 18.4 Å². The maximum Gasteiger partial charge on any atom is 0.341 e. The smallest absolute Gasteiger partial charge is 0.341 e. The van der Waals surface area contributed by atoms with Crippen LogP contribution in [0.25, 0.3) is 0 Å². The predicted octanol–water partition coefficient (Wildman–Crippen LogP) is 2.91. The molecule has 8 heteroatoms. The molecule has 0 unspecified atom stereocenters. The number of sulfonamides is 1. The van der Waals surface area contributed by atoms with Crippen LogP contribution in [0.4, 0.5) is 5.00 Å². The Balaban J connectivity index is 2.97. The molecule has 0 atom stereocenters. The topological polar surface area (TPSA) is 72.5 Å². The molecule has 114 valence electrons. The highest BCUT2D eigenvalue weighted by molar-refractivity contribution is 7.92. The highest BCUT2D eigenvalue weighted by Gasteiger charge is 2.23. The Labute approximate surface area is 128 Å². The van der Waals surface area contributed by atoms with E-state index in [1.807, 2.05) is 6.92 Å². The summed E-state index contributed by atoms with van der Waals surface area (Å²) in [4.78, 5) is 12.6. The van der Waals surface area contributed by atoms with Crippen LogP contribution in [0.5, 0.6) is 0 Å². The standard InChI is InChI=1S/C12H18ClNO4S2/c1-8-9(2)19-11(10(8)12(15)18-3)14-20(16,17)7-5-4-6-13/h14H,4-7H2,1-3H3. The van der Waals surface area contributed by atoms with Crippen LogP contribution in [0.1, 0.15) is 33.6 Å². The molecule has 0 bridgehead atoms. The van der Waals surface area contributed by atoms with Crippen LogP contribution in [0.2, 0.25) is 0 Å². The monoisotopic (exact) mass is 339 g/mol. The van der Waals surface area contributed by atoms with Crippen molar-refractivity contribution in [2.24, 2.45) is 0 Å². The Kier molecular flexibility index (Phi) is 6.29. The summed E-state index contributed by atoms with van der Waals surface area (Å²) in [5, 5.41) is 0.317. The van der Waals surface area contributed by atoms with Crippen molar-refractivity contribution in [1.82, 2.24) is 0 Å². The van der Waals surface area contributed by atoms with Crippen molar-refractivity contribution < 1.29 is 17.9 Å². The zero-order chi connectivity index (χ0) is 15.3. The fraction of sp³-hybridized carbons (Fsp3) is 0.583. The van der Waals surface area contributed by atoms with Crippen molar-refractivity contribution in [1.29, 1.82) is 0 Å². The predicted molar refractivity (Wildman–Crippen MR) is 82.5 cm³/mol. The van der Waals surface area contributed by atoms with Gasteiger partial charge in [0, 0.05) is 10.8 Å². The molecule has 1 aromatic heterocycles. The van der Waals surface area contributed by atoms with Crippen molar-refractivity contribution in [3.8, 4) is 0 Å². The molecule has 1 N–H and O–H groups in total. The molecule has 0 aliphatic rings. The lowest BCUT2D eigenvalue weighted by molar-refractivity contribution is 0.0601. The Hall–Kier alpha value is -0.790. The number of aryl methyl sites for hydroxylation is 1. The van der Waals surface area contributed by atoms with Crippen LogP contribution in [0.15, 0.2) is 0 Å². The Morgan fingerprint density at radius 1 is 1.35 bits per heavy atom. The van der Waals surface area contributed by atoms with Gasteiger partial charge >= 0.3 is 5.97 Å². The highest BCUT2D eigenvalue weighted by atomic mass is 35.5. The molecule has 0 aliphatic heterocycles. The molecule has 0 spiro atoms. The maximum atomic E-state index is 12.0. The lowest BCUT2D eigenvalue weighted by atomic mass is 10.2. The van der Waals surface area contributed by atoms with E-state index in [0.29, 0.717) is 23.7 Å². The Morgan fingerprint density at radius 3 is 2.55 bits per heavy atom. The molecule has 1 aromatic rings. The number of hydrogen-bond acceptors (Lipinski definition) is 5. The molecule has 1 rings (SSSR count). The van der Waals surface area contributed by atoms with Gasteiger partial charge in [0.15, 0.2) is 0 Å². The van der Waals surface area contributed by atoms with Gasteiger partial charge in [-0.25, -0.2) is 13.2 Å². The number of halogens is 1. The molecule has 0 aromatic carbocycles. The van der Waals surface area contributed by atoms with Crippen molar-refractivity contribution >= 4 is 43.9 Å². The number of hydrogen-bond donors (Lipinski definition) is 1. The van der Waals surface area contributed by atoms with Crippen molar-refractivity contribution in [3.05, 3.63) is 16.0 Å². The fourth-order valence-electron chi connectivity index (χ4n) is 1.63. The van der Waals surface area contributed by atoms with Crippen molar-refractivity contribution in [2.45, 2.75) is 26.7 Å². The van der Waals surface area contributed by atoms with E-state index in [2.05, 4.69) is 4.72 Å². The van der Waals surface area contributed by atoms with Crippen molar-refractivity contribution in [3.63, 3.8) is 0 Å². The number of thiophene rings is 1. The minimum Gasteiger partial charge on any atom is -0.465 e. The second-order valence-corrected chi connectivity index (χ2v) is 7.74. The van der Waals surface area contributed by atoms with Gasteiger partial charge in [0.1, 0.15) is 5.00 Å². The van der Waals surface area contributed by atoms with Gasteiger partial charge in [-0.15, -0.1) is 22.9 Å². The molecule has 20 heavy (non-hydrogen) atoms. The fourth-order valence-corrected chi connectivity index (χ4v) is 4.33. The molecule has 0 saturated carbocycles. The third-order valence-corrected chi connectivity index (χ3v) is 5.68. The molecular formula is C12H18ClNO4S2. The number of ether oxygens (including phenoxy) is 1. The molecule has 0 aliphatic carbocycles. The number of methoxy groups -OCH3 is 1. The van der Waals surface area contributed by atoms with Gasteiger partial charge in [-0.1, -0.05) is 0 Å². The van der Waals surface area contributed by atoms with Crippen LogP contribution < -0.4 is 4.72 Å². The number of alkyl halides is 1. The maximum absolute atomic E-state index is 12.0. The van der Waals surface area contributed by atoms with Gasteiger partial charge in [0.25, 0.3) is 0 Å². The molecule has 0 fully saturated rings. The Bertz CT molecular complexity index is 581. The highest BCUT2D eigenvalue weighted by Crippen LogP contribution is 2.33. The molecule has 1 heterocycles. The van der Waals surface area contributed by atoms with E-state index >= 15 is 0 Å². The minimum atomic E-state index is -3.48. The lowest BCUT2D eigenvalue weighted by Gasteiger charge is -2.08. The van der Waals surface area contributed by atoms with E-state index in [0.717, 1.165) is 10.4 Å². The minimum absolute atomic E-state index is 0.0175. The third kappa shape index (κ3) is 4.36. The SMILES string of the molecule is COC(=O)c1c(NS(=O)(=O)CCCCCl)sc(C)c1C. The van der Waals surface area contributed by atoms with E-state index in [4.69, 9.17) is 16.3 Å². The van der Waals surface area contributed by atoms with Crippen LogP contribution in [0, 0.1) is 13.8 Å². The average molecular weight is 340 g/mol. The summed E-state index contributed by atoms with van der Waals surface area (Å²) >= 11 is 6.76. The van der Waals surface area contributed by atoms with Gasteiger partial charge in [-0.2, -0.15) is 0 Å². The van der Waals surface area contributed by atoms with E-state index in [-0.39, 0.29) is 11.3 Å². The largest absolute Gasteiger partial charge is 0.465 e. The zero-order valence-electron chi connectivity index (χ0n) is 11.7. The zero-order valence-corrected chi connectivity index (χ0v) is 14.0. The third-order valence-electron chi connectivity index (χ3n) is 2.82. The second kappa shape index (κ2) is 7.28. The number of carbonyl (C=O) groups is 1. The Morgan fingerprint density at radius 2 is 2.00 bits per heavy atom. The normalized spacial score (nSPS) is 11.4. The molecule has 0 radical (unpaired) electrons. The van der Waals surface area contributed by atoms with Gasteiger partial charge in [-0.3, -0.25) is 4.72 Å². The first kappa shape index (κ1) is 17.3. The van der Waals surface area contributed by atoms with Crippen LogP contribution >= 0.6 is 22.9 Å². The summed E-state index contributed by atoms with van der Waals surface area (Å²) < 4.78 is 31.1. The number of carbonyl (C=O) groups excluding carboxylic acids is 1. The average Bonchev–Trinajstić information content (AvgIpc) is 2.63. The second-order valence-electron chi connectivity index (χ2n) is 4.30. The first-order chi connectivity index (χ1) is 9.32. The van der Waals surface area contributed by atoms with Gasteiger partial charge < -0.3 is 4.74 Å². The number of unbranched alkanes of at least 4 members (excludes halogenated alkanes) is 1. The van der Waals surface area contributed by atoms with Gasteiger partial charge in [0.2, 0.25) is 10.0 Å². The molecular weight excluding hydrogens is 322 g/mol. The molecule has 5 nitrogen and oxygen atoms in total. The number of anilines is 1. The van der Waals surface area contributed by atoms with Crippen molar-refractivity contribution in [2.75, 3.05) is 23.5 Å². The van der Waals surface area contributed by atoms with Crippen LogP contribution in [-0.2, 0) is 14.8 Å². The van der Waals surface area contributed by atoms with Crippen LogP contribution in [-0.4, -0.2) is 33.1 Å². The number of esters is 1. The van der Waals surface area contributed by atoms with E-state index in [1.54, 1.807) is 6.92 Å². The van der Waals surface area contributed by atoms with E-state index in [1.165, 1.54) is 18.4 Å².